The molecule has 1 aromatic carbocycles. The van der Waals surface area contributed by atoms with Crippen molar-refractivity contribution >= 4 is 23.4 Å². The fourth-order valence-electron chi connectivity index (χ4n) is 1.78. The number of nitrogens with zero attached hydrogens (tertiary/aromatic N) is 1. The Labute approximate surface area is 123 Å². The molecule has 0 bridgehead atoms. The molecule has 0 fully saturated rings. The molecule has 112 valence electrons. The summed E-state index contributed by atoms with van der Waals surface area (Å²) in [6.07, 6.45) is 2.38. The Morgan fingerprint density at radius 2 is 2.20 bits per heavy atom. The molecule has 20 heavy (non-hydrogen) atoms. The summed E-state index contributed by atoms with van der Waals surface area (Å²) < 4.78 is 13.9. The van der Waals surface area contributed by atoms with E-state index in [2.05, 4.69) is 5.32 Å². The van der Waals surface area contributed by atoms with Crippen molar-refractivity contribution in [3.05, 3.63) is 29.6 Å². The lowest BCUT2D eigenvalue weighted by molar-refractivity contribution is 0.0931. The highest BCUT2D eigenvalue weighted by Gasteiger charge is 2.16. The van der Waals surface area contributed by atoms with Gasteiger partial charge >= 0.3 is 0 Å². The lowest BCUT2D eigenvalue weighted by Gasteiger charge is -2.18. The average molecular weight is 300 g/mol. The van der Waals surface area contributed by atoms with Gasteiger partial charge in [0.05, 0.1) is 5.56 Å². The van der Waals surface area contributed by atoms with Crippen LogP contribution in [-0.2, 0) is 0 Å². The van der Waals surface area contributed by atoms with Gasteiger partial charge in [0.15, 0.2) is 0 Å². The highest BCUT2D eigenvalue weighted by molar-refractivity contribution is 7.98. The summed E-state index contributed by atoms with van der Waals surface area (Å²) in [5.74, 6) is -0.301. The normalized spacial score (nSPS) is 12.1. The Kier molecular flexibility index (Phi) is 6.81. The van der Waals surface area contributed by atoms with Crippen molar-refractivity contribution in [1.29, 1.82) is 0 Å². The van der Waals surface area contributed by atoms with Crippen molar-refractivity contribution in [3.63, 3.8) is 0 Å². The molecule has 0 saturated carbocycles. The zero-order chi connectivity index (χ0) is 15.1. The van der Waals surface area contributed by atoms with Crippen LogP contribution in [0.15, 0.2) is 18.2 Å². The second kappa shape index (κ2) is 8.11. The highest BCUT2D eigenvalue weighted by Crippen LogP contribution is 2.17. The fraction of sp³-hybridized carbons (Fsp3) is 0.500. The summed E-state index contributed by atoms with van der Waals surface area (Å²) in [6, 6.07) is 4.36. The number of nitrogens with one attached hydrogen (secondary N) is 1. The van der Waals surface area contributed by atoms with Gasteiger partial charge in [-0.05, 0) is 30.9 Å². The Hall–Kier alpha value is -1.27. The van der Waals surface area contributed by atoms with Gasteiger partial charge < -0.3 is 15.3 Å². The third kappa shape index (κ3) is 4.68. The summed E-state index contributed by atoms with van der Waals surface area (Å²) in [4.78, 5) is 13.8. The first kappa shape index (κ1) is 16.8. The number of halogens is 1. The van der Waals surface area contributed by atoms with Crippen LogP contribution in [0.5, 0.6) is 0 Å². The molecule has 0 aliphatic heterocycles. The highest BCUT2D eigenvalue weighted by atomic mass is 32.2. The number of hydrogen-bond acceptors (Lipinski definition) is 4. The number of rotatable bonds is 7. The smallest absolute Gasteiger partial charge is 0.254 e. The van der Waals surface area contributed by atoms with Crippen LogP contribution in [0.25, 0.3) is 0 Å². The van der Waals surface area contributed by atoms with Crippen molar-refractivity contribution in [1.82, 2.24) is 5.32 Å². The first-order valence-electron chi connectivity index (χ1n) is 6.37. The van der Waals surface area contributed by atoms with Crippen LogP contribution >= 0.6 is 11.8 Å². The molecule has 4 nitrogen and oxygen atoms in total. The Morgan fingerprint density at radius 1 is 1.50 bits per heavy atom. The third-order valence-electron chi connectivity index (χ3n) is 2.89. The summed E-state index contributed by atoms with van der Waals surface area (Å²) in [5.41, 5.74) is 0.731. The summed E-state index contributed by atoms with van der Waals surface area (Å²) >= 11 is 1.57. The maximum atomic E-state index is 13.9. The van der Waals surface area contributed by atoms with Crippen LogP contribution in [0, 0.1) is 5.82 Å². The maximum absolute atomic E-state index is 13.9. The van der Waals surface area contributed by atoms with Gasteiger partial charge in [0.2, 0.25) is 0 Å². The van der Waals surface area contributed by atoms with E-state index in [9.17, 15) is 9.18 Å². The van der Waals surface area contributed by atoms with E-state index in [-0.39, 0.29) is 18.2 Å². The van der Waals surface area contributed by atoms with E-state index in [1.165, 1.54) is 12.1 Å². The predicted molar refractivity (Wildman–Crippen MR) is 82.1 cm³/mol. The van der Waals surface area contributed by atoms with Gasteiger partial charge in [-0.3, -0.25) is 4.79 Å². The van der Waals surface area contributed by atoms with E-state index in [1.54, 1.807) is 22.7 Å². The average Bonchev–Trinajstić information content (AvgIpc) is 2.38. The molecule has 0 saturated heterocycles. The molecule has 0 aromatic heterocycles. The van der Waals surface area contributed by atoms with Crippen LogP contribution in [-0.4, -0.2) is 49.8 Å². The molecule has 1 atom stereocenters. The fourth-order valence-corrected chi connectivity index (χ4v) is 2.44. The minimum atomic E-state index is -0.541. The second-order valence-corrected chi connectivity index (χ2v) is 5.61. The van der Waals surface area contributed by atoms with Crippen molar-refractivity contribution in [2.45, 2.75) is 12.5 Å². The minimum absolute atomic E-state index is 0.00639. The molecule has 0 aliphatic carbocycles. The number of amides is 1. The standard InChI is InChI=1S/C14H21FN2O2S/c1-17(2)11-4-5-12(13(15)8-11)14(19)16-10(6-7-18)9-20-3/h4-5,8,10,18H,6-7,9H2,1-3H3,(H,16,19). The summed E-state index contributed by atoms with van der Waals surface area (Å²) in [5, 5.41) is 11.7. The molecule has 2 N–H and O–H groups in total. The summed E-state index contributed by atoms with van der Waals surface area (Å²) in [7, 11) is 3.62. The Balaban J connectivity index is 2.81. The molecule has 1 rings (SSSR count). The second-order valence-electron chi connectivity index (χ2n) is 4.70. The zero-order valence-corrected chi connectivity index (χ0v) is 12.8. The van der Waals surface area contributed by atoms with Gasteiger partial charge in [0, 0.05) is 38.2 Å². The lowest BCUT2D eigenvalue weighted by Crippen LogP contribution is -2.37. The number of carbonyl (C=O) groups excluding carboxylic acids is 1. The van der Waals surface area contributed by atoms with Crippen LogP contribution in [0.4, 0.5) is 10.1 Å². The van der Waals surface area contributed by atoms with Gasteiger partial charge in [0.1, 0.15) is 5.82 Å². The number of benzene rings is 1. The van der Waals surface area contributed by atoms with Crippen LogP contribution in [0.1, 0.15) is 16.8 Å². The third-order valence-corrected chi connectivity index (χ3v) is 3.63. The summed E-state index contributed by atoms with van der Waals surface area (Å²) in [6.45, 7) is -0.00639. The van der Waals surface area contributed by atoms with Crippen LogP contribution < -0.4 is 10.2 Å². The minimum Gasteiger partial charge on any atom is -0.396 e. The number of hydrogen-bond donors (Lipinski definition) is 2. The molecular formula is C14H21FN2O2S. The molecule has 0 radical (unpaired) electrons. The van der Waals surface area contributed by atoms with E-state index in [0.717, 1.165) is 0 Å². The molecule has 6 heteroatoms. The van der Waals surface area contributed by atoms with Crippen molar-refractivity contribution in [2.75, 3.05) is 37.6 Å². The largest absolute Gasteiger partial charge is 0.396 e. The monoisotopic (exact) mass is 300 g/mol. The number of aliphatic hydroxyl groups excluding tert-OH is 1. The van der Waals surface area contributed by atoms with Crippen molar-refractivity contribution in [3.8, 4) is 0 Å². The van der Waals surface area contributed by atoms with E-state index in [0.29, 0.717) is 17.9 Å². The Bertz CT molecular complexity index is 449. The van der Waals surface area contributed by atoms with Crippen LogP contribution in [0.3, 0.4) is 0 Å². The number of carbonyl (C=O) groups is 1. The van der Waals surface area contributed by atoms with Gasteiger partial charge in [-0.1, -0.05) is 0 Å². The van der Waals surface area contributed by atoms with Crippen LogP contribution in [0.2, 0.25) is 0 Å². The van der Waals surface area contributed by atoms with Gasteiger partial charge in [-0.25, -0.2) is 4.39 Å². The lowest BCUT2D eigenvalue weighted by atomic mass is 10.1. The van der Waals surface area contributed by atoms with Gasteiger partial charge in [0.25, 0.3) is 5.91 Å². The molecule has 0 aliphatic rings. The predicted octanol–water partition coefficient (Wildman–Crippen LogP) is 1.74. The molecule has 1 aromatic rings. The Morgan fingerprint density at radius 3 is 2.70 bits per heavy atom. The quantitative estimate of drug-likeness (QED) is 0.805. The number of aliphatic hydroxyl groups is 1. The zero-order valence-electron chi connectivity index (χ0n) is 12.0. The first-order valence-corrected chi connectivity index (χ1v) is 7.76. The van der Waals surface area contributed by atoms with Gasteiger partial charge in [-0.15, -0.1) is 0 Å². The molecule has 1 unspecified atom stereocenters. The maximum Gasteiger partial charge on any atom is 0.254 e. The van der Waals surface area contributed by atoms with E-state index in [4.69, 9.17) is 5.11 Å². The van der Waals surface area contributed by atoms with Crippen molar-refractivity contribution in [2.24, 2.45) is 0 Å². The van der Waals surface area contributed by atoms with E-state index in [1.807, 2.05) is 20.4 Å². The van der Waals surface area contributed by atoms with E-state index < -0.39 is 11.7 Å². The number of anilines is 1. The molecule has 0 heterocycles. The van der Waals surface area contributed by atoms with Gasteiger partial charge in [-0.2, -0.15) is 11.8 Å². The molecule has 1 amide bonds. The molecular weight excluding hydrogens is 279 g/mol. The SMILES string of the molecule is CSCC(CCO)NC(=O)c1ccc(N(C)C)cc1F. The number of thioether (sulfide) groups is 1. The van der Waals surface area contributed by atoms with Crippen molar-refractivity contribution < 1.29 is 14.3 Å². The first-order chi connectivity index (χ1) is 9.49. The van der Waals surface area contributed by atoms with E-state index >= 15 is 0 Å². The molecule has 0 spiro atoms. The topological polar surface area (TPSA) is 52.6 Å².